The summed E-state index contributed by atoms with van der Waals surface area (Å²) in [4.78, 5) is 0. The molecule has 0 N–H and O–H groups in total. The normalized spacial score (nSPS) is 39.3. The fourth-order valence-electron chi connectivity index (χ4n) is 5.12. The van der Waals surface area contributed by atoms with Crippen LogP contribution in [0, 0.1) is 22.7 Å². The zero-order valence-corrected chi connectivity index (χ0v) is 12.9. The van der Waals surface area contributed by atoms with Gasteiger partial charge in [0.25, 0.3) is 0 Å². The summed E-state index contributed by atoms with van der Waals surface area (Å²) in [6.07, 6.45) is 9.97. The van der Waals surface area contributed by atoms with Gasteiger partial charge in [-0.05, 0) is 61.7 Å². The van der Waals surface area contributed by atoms with Crippen LogP contribution >= 0.6 is 0 Å². The Morgan fingerprint density at radius 1 is 1.06 bits per heavy atom. The minimum Gasteiger partial charge on any atom is -0.382 e. The fourth-order valence-corrected chi connectivity index (χ4v) is 5.12. The van der Waals surface area contributed by atoms with E-state index in [1.54, 1.807) is 0 Å². The Morgan fingerprint density at radius 2 is 1.83 bits per heavy atom. The van der Waals surface area contributed by atoms with E-state index in [0.717, 1.165) is 25.0 Å². The van der Waals surface area contributed by atoms with Crippen LogP contribution in [-0.2, 0) is 4.74 Å². The molecule has 0 radical (unpaired) electrons. The van der Waals surface area contributed by atoms with E-state index < -0.39 is 0 Å². The zero-order valence-electron chi connectivity index (χ0n) is 12.9. The van der Waals surface area contributed by atoms with Crippen LogP contribution < -0.4 is 0 Å². The van der Waals surface area contributed by atoms with Gasteiger partial charge in [-0.25, -0.2) is 0 Å². The monoisotopic (exact) mass is 252 g/mol. The van der Waals surface area contributed by atoms with Crippen molar-refractivity contribution in [2.24, 2.45) is 22.7 Å². The summed E-state index contributed by atoms with van der Waals surface area (Å²) in [5.74, 6) is 1.85. The van der Waals surface area contributed by atoms with Crippen LogP contribution in [0.25, 0.3) is 0 Å². The lowest BCUT2D eigenvalue weighted by Gasteiger charge is -2.57. The Morgan fingerprint density at radius 3 is 2.56 bits per heavy atom. The molecule has 0 aromatic carbocycles. The average molecular weight is 252 g/mol. The Balaban J connectivity index is 2.07. The molecule has 1 nitrogen and oxygen atoms in total. The Kier molecular flexibility index (Phi) is 4.41. The van der Waals surface area contributed by atoms with E-state index >= 15 is 0 Å². The van der Waals surface area contributed by atoms with Crippen LogP contribution in [-0.4, -0.2) is 13.2 Å². The number of ether oxygens (including phenoxy) is 1. The van der Waals surface area contributed by atoms with Gasteiger partial charge >= 0.3 is 0 Å². The summed E-state index contributed by atoms with van der Waals surface area (Å²) in [5, 5.41) is 0. The van der Waals surface area contributed by atoms with Crippen molar-refractivity contribution in [1.29, 1.82) is 0 Å². The highest BCUT2D eigenvalue weighted by Crippen LogP contribution is 2.60. The van der Waals surface area contributed by atoms with Crippen LogP contribution in [0.1, 0.15) is 72.6 Å². The summed E-state index contributed by atoms with van der Waals surface area (Å²) < 4.78 is 5.61. The van der Waals surface area contributed by atoms with E-state index in [1.165, 1.54) is 44.9 Å². The first-order valence-electron chi connectivity index (χ1n) is 8.08. The van der Waals surface area contributed by atoms with E-state index in [1.807, 2.05) is 0 Å². The van der Waals surface area contributed by atoms with Crippen LogP contribution in [0.15, 0.2) is 0 Å². The van der Waals surface area contributed by atoms with Gasteiger partial charge in [-0.1, -0.05) is 33.6 Å². The molecule has 0 saturated heterocycles. The molecule has 2 rings (SSSR count). The Bertz CT molecular complexity index is 271. The molecule has 0 bridgehead atoms. The van der Waals surface area contributed by atoms with Gasteiger partial charge in [-0.3, -0.25) is 0 Å². The average Bonchev–Trinajstić information content (AvgIpc) is 2.30. The molecule has 2 fully saturated rings. The molecule has 0 heterocycles. The molecule has 0 aliphatic heterocycles. The summed E-state index contributed by atoms with van der Waals surface area (Å²) in [5.41, 5.74) is 1.16. The van der Waals surface area contributed by atoms with Crippen LogP contribution in [0.4, 0.5) is 0 Å². The molecule has 2 aliphatic carbocycles. The quantitative estimate of drug-likeness (QED) is 0.636. The molecule has 18 heavy (non-hydrogen) atoms. The predicted octanol–water partition coefficient (Wildman–Crippen LogP) is 5.05. The standard InChI is InChI=1S/C17H32O/c1-5-18-13-10-14-8-6-9-15-16(2,3)11-7-12-17(14,15)4/h14-15H,5-13H2,1-4H3. The van der Waals surface area contributed by atoms with Gasteiger partial charge in [0, 0.05) is 13.2 Å². The first kappa shape index (κ1) is 14.4. The number of hydrogen-bond donors (Lipinski definition) is 0. The lowest BCUT2D eigenvalue weighted by Crippen LogP contribution is -2.49. The molecule has 1 heteroatoms. The SMILES string of the molecule is CCOCCC1CCCC2C(C)(C)CCCC12C. The largest absolute Gasteiger partial charge is 0.382 e. The van der Waals surface area contributed by atoms with Crippen molar-refractivity contribution in [3.63, 3.8) is 0 Å². The maximum atomic E-state index is 5.61. The van der Waals surface area contributed by atoms with Crippen molar-refractivity contribution in [1.82, 2.24) is 0 Å². The Hall–Kier alpha value is -0.0400. The van der Waals surface area contributed by atoms with Crippen molar-refractivity contribution in [3.05, 3.63) is 0 Å². The summed E-state index contributed by atoms with van der Waals surface area (Å²) >= 11 is 0. The topological polar surface area (TPSA) is 9.23 Å². The van der Waals surface area contributed by atoms with Gasteiger partial charge in [0.2, 0.25) is 0 Å². The summed E-state index contributed by atoms with van der Waals surface area (Å²) in [6.45, 7) is 11.6. The van der Waals surface area contributed by atoms with E-state index in [-0.39, 0.29) is 0 Å². The second-order valence-electron chi connectivity index (χ2n) is 7.51. The maximum absolute atomic E-state index is 5.61. The van der Waals surface area contributed by atoms with Crippen molar-refractivity contribution < 1.29 is 4.74 Å². The number of rotatable bonds is 4. The molecule has 0 amide bonds. The highest BCUT2D eigenvalue weighted by atomic mass is 16.5. The second-order valence-corrected chi connectivity index (χ2v) is 7.51. The molecule has 2 aliphatic rings. The van der Waals surface area contributed by atoms with Crippen molar-refractivity contribution in [2.75, 3.05) is 13.2 Å². The minimum absolute atomic E-state index is 0.567. The lowest BCUT2D eigenvalue weighted by atomic mass is 9.48. The molecule has 2 saturated carbocycles. The van der Waals surface area contributed by atoms with Gasteiger partial charge in [0.1, 0.15) is 0 Å². The van der Waals surface area contributed by atoms with Crippen LogP contribution in [0.5, 0.6) is 0 Å². The van der Waals surface area contributed by atoms with E-state index in [0.29, 0.717) is 10.8 Å². The molecule has 106 valence electrons. The van der Waals surface area contributed by atoms with Crippen molar-refractivity contribution in [3.8, 4) is 0 Å². The van der Waals surface area contributed by atoms with Gasteiger partial charge in [0.05, 0.1) is 0 Å². The highest BCUT2D eigenvalue weighted by Gasteiger charge is 2.51. The second kappa shape index (κ2) is 5.53. The third-order valence-corrected chi connectivity index (χ3v) is 6.07. The van der Waals surface area contributed by atoms with Crippen molar-refractivity contribution >= 4 is 0 Å². The van der Waals surface area contributed by atoms with E-state index in [2.05, 4.69) is 27.7 Å². The molecule has 3 atom stereocenters. The van der Waals surface area contributed by atoms with Gasteiger partial charge < -0.3 is 4.74 Å². The lowest BCUT2D eigenvalue weighted by molar-refractivity contribution is -0.0804. The van der Waals surface area contributed by atoms with Gasteiger partial charge in [-0.2, -0.15) is 0 Å². The van der Waals surface area contributed by atoms with E-state index in [9.17, 15) is 0 Å². The predicted molar refractivity (Wildman–Crippen MR) is 77.7 cm³/mol. The molecular formula is C17H32O. The van der Waals surface area contributed by atoms with Crippen molar-refractivity contribution in [2.45, 2.75) is 72.6 Å². The molecular weight excluding hydrogens is 220 g/mol. The van der Waals surface area contributed by atoms with Crippen LogP contribution in [0.2, 0.25) is 0 Å². The number of hydrogen-bond acceptors (Lipinski definition) is 1. The molecule has 0 aromatic heterocycles. The van der Waals surface area contributed by atoms with E-state index in [4.69, 9.17) is 4.74 Å². The number of fused-ring (bicyclic) bond motifs is 1. The highest BCUT2D eigenvalue weighted by molar-refractivity contribution is 5.01. The molecule has 3 unspecified atom stereocenters. The third kappa shape index (κ3) is 2.61. The smallest absolute Gasteiger partial charge is 0.0468 e. The van der Waals surface area contributed by atoms with Crippen LogP contribution in [0.3, 0.4) is 0 Å². The Labute approximate surface area is 114 Å². The fraction of sp³-hybridized carbons (Fsp3) is 1.00. The first-order chi connectivity index (χ1) is 8.50. The third-order valence-electron chi connectivity index (χ3n) is 6.07. The van der Waals surface area contributed by atoms with Gasteiger partial charge in [-0.15, -0.1) is 0 Å². The van der Waals surface area contributed by atoms with Gasteiger partial charge in [0.15, 0.2) is 0 Å². The molecule has 0 spiro atoms. The minimum atomic E-state index is 0.567. The first-order valence-corrected chi connectivity index (χ1v) is 8.08. The zero-order chi connectivity index (χ0) is 13.2. The summed E-state index contributed by atoms with van der Waals surface area (Å²) in [6, 6.07) is 0. The summed E-state index contributed by atoms with van der Waals surface area (Å²) in [7, 11) is 0. The maximum Gasteiger partial charge on any atom is 0.0468 e. The molecule has 0 aromatic rings.